The third-order valence-electron chi connectivity index (χ3n) is 4.98. The molecule has 0 aliphatic carbocycles. The molecule has 1 N–H and O–H groups in total. The van der Waals surface area contributed by atoms with Gasteiger partial charge in [-0.25, -0.2) is 12.8 Å². The number of amides is 2. The van der Waals surface area contributed by atoms with Gasteiger partial charge < -0.3 is 10.2 Å². The third kappa shape index (κ3) is 7.33. The van der Waals surface area contributed by atoms with Crippen molar-refractivity contribution in [2.75, 3.05) is 23.7 Å². The van der Waals surface area contributed by atoms with Crippen LogP contribution in [0.2, 0.25) is 0 Å². The monoisotopic (exact) mass is 463 g/mol. The molecule has 1 atom stereocenters. The summed E-state index contributed by atoms with van der Waals surface area (Å²) in [5.74, 6) is -0.964. The number of anilines is 1. The quantitative estimate of drug-likeness (QED) is 0.555. The zero-order chi connectivity index (χ0) is 23.7. The Labute approximate surface area is 189 Å². The number of halogens is 1. The first-order valence-corrected chi connectivity index (χ1v) is 12.3. The van der Waals surface area contributed by atoms with Crippen molar-refractivity contribution in [1.29, 1.82) is 0 Å². The molecule has 0 aliphatic rings. The summed E-state index contributed by atoms with van der Waals surface area (Å²) in [6, 6.07) is 13.8. The number of nitrogens with zero attached hydrogens (tertiary/aromatic N) is 2. The number of rotatable bonds is 11. The normalized spacial score (nSPS) is 12.1. The summed E-state index contributed by atoms with van der Waals surface area (Å²) < 4.78 is 38.8. The molecule has 32 heavy (non-hydrogen) atoms. The van der Waals surface area contributed by atoms with Crippen molar-refractivity contribution in [1.82, 2.24) is 10.2 Å². The maximum absolute atomic E-state index is 13.2. The minimum atomic E-state index is -3.61. The molecule has 174 valence electrons. The van der Waals surface area contributed by atoms with Crippen LogP contribution in [0.5, 0.6) is 0 Å². The van der Waals surface area contributed by atoms with Crippen LogP contribution < -0.4 is 9.62 Å². The van der Waals surface area contributed by atoms with Crippen molar-refractivity contribution in [2.45, 2.75) is 39.3 Å². The van der Waals surface area contributed by atoms with Gasteiger partial charge in [0.05, 0.1) is 11.9 Å². The summed E-state index contributed by atoms with van der Waals surface area (Å²) in [6.45, 7) is 4.27. The summed E-state index contributed by atoms with van der Waals surface area (Å²) in [5, 5.41) is 2.74. The molecule has 0 aliphatic heterocycles. The summed E-state index contributed by atoms with van der Waals surface area (Å²) >= 11 is 0. The van der Waals surface area contributed by atoms with Crippen LogP contribution in [-0.4, -0.2) is 50.5 Å². The van der Waals surface area contributed by atoms with Gasteiger partial charge in [-0.05, 0) is 50.1 Å². The summed E-state index contributed by atoms with van der Waals surface area (Å²) in [7, 11) is -3.61. The van der Waals surface area contributed by atoms with Crippen LogP contribution in [0.15, 0.2) is 54.6 Å². The van der Waals surface area contributed by atoms with E-state index in [2.05, 4.69) is 5.32 Å². The van der Waals surface area contributed by atoms with Gasteiger partial charge >= 0.3 is 0 Å². The van der Waals surface area contributed by atoms with E-state index in [1.807, 2.05) is 37.3 Å². The van der Waals surface area contributed by atoms with E-state index in [1.54, 1.807) is 6.92 Å². The molecule has 2 aromatic rings. The third-order valence-corrected chi connectivity index (χ3v) is 6.17. The first-order chi connectivity index (χ1) is 15.1. The molecule has 2 aromatic carbocycles. The van der Waals surface area contributed by atoms with E-state index in [9.17, 15) is 22.4 Å². The Balaban J connectivity index is 2.11. The molecule has 7 nitrogen and oxygen atoms in total. The van der Waals surface area contributed by atoms with Crippen LogP contribution in [-0.2, 0) is 26.2 Å². The van der Waals surface area contributed by atoms with E-state index in [4.69, 9.17) is 0 Å². The molecule has 2 rings (SSSR count). The van der Waals surface area contributed by atoms with Gasteiger partial charge in [-0.15, -0.1) is 0 Å². The van der Waals surface area contributed by atoms with Crippen molar-refractivity contribution in [3.05, 3.63) is 66.0 Å². The standard InChI is InChI=1S/C23H30FN3O4S/c1-4-25-23(29)18(2)26(17-19-9-6-5-7-10-19)22(28)11-8-16-27(32(3,30)31)21-14-12-20(24)13-15-21/h5-7,9-10,12-15,18H,4,8,11,16-17H2,1-3H3,(H,25,29)/t18-/m1/s1. The predicted octanol–water partition coefficient (Wildman–Crippen LogP) is 2.93. The second-order valence-corrected chi connectivity index (χ2v) is 9.40. The Morgan fingerprint density at radius 1 is 1.06 bits per heavy atom. The molecule has 0 heterocycles. The molecule has 0 radical (unpaired) electrons. The molecule has 0 saturated carbocycles. The highest BCUT2D eigenvalue weighted by Crippen LogP contribution is 2.19. The maximum Gasteiger partial charge on any atom is 0.242 e. The van der Waals surface area contributed by atoms with E-state index in [0.29, 0.717) is 12.2 Å². The number of carbonyl (C=O) groups excluding carboxylic acids is 2. The second-order valence-electron chi connectivity index (χ2n) is 7.49. The smallest absolute Gasteiger partial charge is 0.242 e. The number of sulfonamides is 1. The zero-order valence-electron chi connectivity index (χ0n) is 18.6. The fraction of sp³-hybridized carbons (Fsp3) is 0.391. The minimum Gasteiger partial charge on any atom is -0.355 e. The molecular weight excluding hydrogens is 433 g/mol. The van der Waals surface area contributed by atoms with Gasteiger partial charge in [0.25, 0.3) is 0 Å². The lowest BCUT2D eigenvalue weighted by Crippen LogP contribution is -2.47. The predicted molar refractivity (Wildman–Crippen MR) is 123 cm³/mol. The number of likely N-dealkylation sites (N-methyl/N-ethyl adjacent to an activating group) is 1. The Morgan fingerprint density at radius 2 is 1.69 bits per heavy atom. The average molecular weight is 464 g/mol. The summed E-state index contributed by atoms with van der Waals surface area (Å²) in [5.41, 5.74) is 1.22. The van der Waals surface area contributed by atoms with Crippen molar-refractivity contribution in [3.8, 4) is 0 Å². The van der Waals surface area contributed by atoms with E-state index in [0.717, 1.165) is 16.1 Å². The second kappa shape index (κ2) is 11.6. The number of benzene rings is 2. The molecule has 0 spiro atoms. The molecule has 0 unspecified atom stereocenters. The van der Waals surface area contributed by atoms with Crippen LogP contribution in [0.25, 0.3) is 0 Å². The molecule has 9 heteroatoms. The lowest BCUT2D eigenvalue weighted by Gasteiger charge is -2.29. The summed E-state index contributed by atoms with van der Waals surface area (Å²) in [4.78, 5) is 26.9. The van der Waals surface area contributed by atoms with Crippen molar-refractivity contribution >= 4 is 27.5 Å². The molecule has 0 fully saturated rings. The Hall–Kier alpha value is -2.94. The highest BCUT2D eigenvalue weighted by atomic mass is 32.2. The fourth-order valence-electron chi connectivity index (χ4n) is 3.30. The van der Waals surface area contributed by atoms with Crippen LogP contribution in [0.3, 0.4) is 0 Å². The molecule has 0 saturated heterocycles. The van der Waals surface area contributed by atoms with Gasteiger partial charge in [0.2, 0.25) is 21.8 Å². The van der Waals surface area contributed by atoms with Gasteiger partial charge in [-0.1, -0.05) is 30.3 Å². The van der Waals surface area contributed by atoms with Crippen LogP contribution in [0, 0.1) is 5.82 Å². The number of carbonyl (C=O) groups is 2. The molecule has 0 bridgehead atoms. The Morgan fingerprint density at radius 3 is 2.25 bits per heavy atom. The topological polar surface area (TPSA) is 86.8 Å². The Kier molecular flexibility index (Phi) is 9.19. The van der Waals surface area contributed by atoms with Gasteiger partial charge in [0.15, 0.2) is 0 Å². The highest BCUT2D eigenvalue weighted by Gasteiger charge is 2.26. The zero-order valence-corrected chi connectivity index (χ0v) is 19.4. The van der Waals surface area contributed by atoms with Crippen LogP contribution in [0.1, 0.15) is 32.3 Å². The number of hydrogen-bond donors (Lipinski definition) is 1. The fourth-order valence-corrected chi connectivity index (χ4v) is 4.26. The van der Waals surface area contributed by atoms with E-state index < -0.39 is 21.9 Å². The van der Waals surface area contributed by atoms with Crippen LogP contribution in [0.4, 0.5) is 10.1 Å². The first kappa shape index (κ1) is 25.3. The van der Waals surface area contributed by atoms with Crippen molar-refractivity contribution in [2.24, 2.45) is 0 Å². The van der Waals surface area contributed by atoms with Gasteiger partial charge in [-0.2, -0.15) is 0 Å². The summed E-state index contributed by atoms with van der Waals surface area (Å²) in [6.07, 6.45) is 1.37. The Bertz CT molecular complexity index is 998. The van der Waals surface area contributed by atoms with E-state index >= 15 is 0 Å². The number of hydrogen-bond acceptors (Lipinski definition) is 4. The largest absolute Gasteiger partial charge is 0.355 e. The molecular formula is C23H30FN3O4S. The molecule has 2 amide bonds. The van der Waals surface area contributed by atoms with Crippen molar-refractivity contribution < 1.29 is 22.4 Å². The first-order valence-electron chi connectivity index (χ1n) is 10.5. The highest BCUT2D eigenvalue weighted by molar-refractivity contribution is 7.92. The van der Waals surface area contributed by atoms with E-state index in [1.165, 1.54) is 29.2 Å². The average Bonchev–Trinajstić information content (AvgIpc) is 2.75. The lowest BCUT2D eigenvalue weighted by atomic mass is 10.1. The van der Waals surface area contributed by atoms with Gasteiger partial charge in [0.1, 0.15) is 11.9 Å². The van der Waals surface area contributed by atoms with Crippen molar-refractivity contribution in [3.63, 3.8) is 0 Å². The van der Waals surface area contributed by atoms with Crippen LogP contribution >= 0.6 is 0 Å². The van der Waals surface area contributed by atoms with Gasteiger partial charge in [0, 0.05) is 26.1 Å². The lowest BCUT2D eigenvalue weighted by molar-refractivity contribution is -0.140. The SMILES string of the molecule is CCNC(=O)[C@@H](C)N(Cc1ccccc1)C(=O)CCCN(c1ccc(F)cc1)S(C)(=O)=O. The number of nitrogens with one attached hydrogen (secondary N) is 1. The van der Waals surface area contributed by atoms with Gasteiger partial charge in [-0.3, -0.25) is 13.9 Å². The molecule has 0 aromatic heterocycles. The minimum absolute atomic E-state index is 0.0593. The maximum atomic E-state index is 13.2. The van der Waals surface area contributed by atoms with E-state index in [-0.39, 0.29) is 37.7 Å².